The number of ether oxygens (including phenoxy) is 1. The van der Waals surface area contributed by atoms with Gasteiger partial charge < -0.3 is 9.64 Å². The number of nitriles is 1. The standard InChI is InChI=1S/C12H15BrN2O/c1-3-15(4-5-16-2)12-7-10(9-14)6-11(13)8-12/h6-8H,3-5H2,1-2H3. The van der Waals surface area contributed by atoms with E-state index in [1.165, 1.54) is 0 Å². The van der Waals surface area contributed by atoms with Gasteiger partial charge in [-0.05, 0) is 25.1 Å². The van der Waals surface area contributed by atoms with Crippen molar-refractivity contribution in [3.05, 3.63) is 28.2 Å². The van der Waals surface area contributed by atoms with Gasteiger partial charge in [0.1, 0.15) is 0 Å². The zero-order chi connectivity index (χ0) is 12.0. The molecule has 1 rings (SSSR count). The highest BCUT2D eigenvalue weighted by Gasteiger charge is 2.06. The van der Waals surface area contributed by atoms with E-state index >= 15 is 0 Å². The first kappa shape index (κ1) is 13.0. The summed E-state index contributed by atoms with van der Waals surface area (Å²) in [5.41, 5.74) is 1.71. The molecule has 1 aromatic carbocycles. The van der Waals surface area contributed by atoms with E-state index < -0.39 is 0 Å². The first-order valence-electron chi connectivity index (χ1n) is 5.15. The van der Waals surface area contributed by atoms with Crippen LogP contribution in [0.25, 0.3) is 0 Å². The van der Waals surface area contributed by atoms with Crippen molar-refractivity contribution in [1.82, 2.24) is 0 Å². The topological polar surface area (TPSA) is 36.3 Å². The molecule has 0 bridgehead atoms. The van der Waals surface area contributed by atoms with Gasteiger partial charge in [-0.1, -0.05) is 15.9 Å². The van der Waals surface area contributed by atoms with E-state index in [0.29, 0.717) is 12.2 Å². The lowest BCUT2D eigenvalue weighted by Gasteiger charge is -2.23. The van der Waals surface area contributed by atoms with Crippen molar-refractivity contribution in [3.63, 3.8) is 0 Å². The Bertz CT molecular complexity index is 387. The molecule has 0 unspecified atom stereocenters. The molecule has 0 radical (unpaired) electrons. The highest BCUT2D eigenvalue weighted by atomic mass is 79.9. The Hall–Kier alpha value is -1.05. The highest BCUT2D eigenvalue weighted by molar-refractivity contribution is 9.10. The maximum absolute atomic E-state index is 8.90. The SMILES string of the molecule is CCN(CCOC)c1cc(Br)cc(C#N)c1. The molecule has 0 heterocycles. The number of hydrogen-bond acceptors (Lipinski definition) is 3. The molecule has 0 aliphatic carbocycles. The molecule has 0 amide bonds. The van der Waals surface area contributed by atoms with Crippen LogP contribution in [0.5, 0.6) is 0 Å². The molecule has 0 atom stereocenters. The quantitative estimate of drug-likeness (QED) is 0.833. The number of anilines is 1. The molecule has 0 aliphatic rings. The summed E-state index contributed by atoms with van der Waals surface area (Å²) < 4.78 is 5.99. The second kappa shape index (κ2) is 6.51. The predicted octanol–water partition coefficient (Wildman–Crippen LogP) is 2.79. The lowest BCUT2D eigenvalue weighted by Crippen LogP contribution is -2.26. The van der Waals surface area contributed by atoms with Crippen LogP contribution in [-0.4, -0.2) is 26.8 Å². The van der Waals surface area contributed by atoms with E-state index in [2.05, 4.69) is 33.8 Å². The molecule has 0 aliphatic heterocycles. The van der Waals surface area contributed by atoms with Crippen LogP contribution in [-0.2, 0) is 4.74 Å². The summed E-state index contributed by atoms with van der Waals surface area (Å²) in [5.74, 6) is 0. The highest BCUT2D eigenvalue weighted by Crippen LogP contribution is 2.22. The van der Waals surface area contributed by atoms with Crippen molar-refractivity contribution in [3.8, 4) is 6.07 Å². The summed E-state index contributed by atoms with van der Waals surface area (Å²) in [6.07, 6.45) is 0. The van der Waals surface area contributed by atoms with Crippen LogP contribution in [0.15, 0.2) is 22.7 Å². The van der Waals surface area contributed by atoms with Gasteiger partial charge in [0.25, 0.3) is 0 Å². The summed E-state index contributed by atoms with van der Waals surface area (Å²) in [7, 11) is 1.69. The largest absolute Gasteiger partial charge is 0.383 e. The van der Waals surface area contributed by atoms with Gasteiger partial charge in [0.05, 0.1) is 18.2 Å². The third-order valence-electron chi connectivity index (χ3n) is 2.32. The molecule has 86 valence electrons. The molecular weight excluding hydrogens is 268 g/mol. The fraction of sp³-hybridized carbons (Fsp3) is 0.417. The first-order chi connectivity index (χ1) is 7.71. The van der Waals surface area contributed by atoms with E-state index in [-0.39, 0.29) is 0 Å². The monoisotopic (exact) mass is 282 g/mol. The van der Waals surface area contributed by atoms with Gasteiger partial charge >= 0.3 is 0 Å². The number of benzene rings is 1. The summed E-state index contributed by atoms with van der Waals surface area (Å²) in [4.78, 5) is 2.18. The van der Waals surface area contributed by atoms with Crippen molar-refractivity contribution >= 4 is 21.6 Å². The number of hydrogen-bond donors (Lipinski definition) is 0. The van der Waals surface area contributed by atoms with Gasteiger partial charge in [-0.2, -0.15) is 5.26 Å². The number of halogens is 1. The van der Waals surface area contributed by atoms with E-state index in [0.717, 1.165) is 23.2 Å². The molecule has 0 N–H and O–H groups in total. The van der Waals surface area contributed by atoms with Crippen molar-refractivity contribution < 1.29 is 4.74 Å². The third-order valence-corrected chi connectivity index (χ3v) is 2.78. The minimum Gasteiger partial charge on any atom is -0.383 e. The van der Waals surface area contributed by atoms with Crippen LogP contribution in [0.2, 0.25) is 0 Å². The molecule has 0 saturated carbocycles. The Morgan fingerprint density at radius 3 is 2.75 bits per heavy atom. The number of methoxy groups -OCH3 is 1. The van der Waals surface area contributed by atoms with E-state index in [1.54, 1.807) is 7.11 Å². The van der Waals surface area contributed by atoms with Crippen LogP contribution in [0.3, 0.4) is 0 Å². The summed E-state index contributed by atoms with van der Waals surface area (Å²) in [6, 6.07) is 7.88. The molecule has 4 heteroatoms. The van der Waals surface area contributed by atoms with Crippen molar-refractivity contribution in [2.45, 2.75) is 6.92 Å². The molecule has 1 aromatic rings. The van der Waals surface area contributed by atoms with E-state index in [9.17, 15) is 0 Å². The molecule has 0 aromatic heterocycles. The fourth-order valence-electron chi connectivity index (χ4n) is 1.49. The molecule has 0 spiro atoms. The normalized spacial score (nSPS) is 9.88. The van der Waals surface area contributed by atoms with Crippen LogP contribution in [0.4, 0.5) is 5.69 Å². The van der Waals surface area contributed by atoms with Crippen molar-refractivity contribution in [2.75, 3.05) is 31.7 Å². The first-order valence-corrected chi connectivity index (χ1v) is 5.95. The Balaban J connectivity index is 2.91. The average molecular weight is 283 g/mol. The fourth-order valence-corrected chi connectivity index (χ4v) is 1.97. The zero-order valence-electron chi connectivity index (χ0n) is 9.53. The second-order valence-electron chi connectivity index (χ2n) is 3.38. The van der Waals surface area contributed by atoms with Gasteiger partial charge in [0.15, 0.2) is 0 Å². The Kier molecular flexibility index (Phi) is 5.30. The van der Waals surface area contributed by atoms with Crippen LogP contribution in [0.1, 0.15) is 12.5 Å². The number of likely N-dealkylation sites (N-methyl/N-ethyl adjacent to an activating group) is 1. The Morgan fingerprint density at radius 1 is 1.44 bits per heavy atom. The van der Waals surface area contributed by atoms with Gasteiger partial charge in [-0.25, -0.2) is 0 Å². The molecule has 0 fully saturated rings. The van der Waals surface area contributed by atoms with Crippen LogP contribution >= 0.6 is 15.9 Å². The van der Waals surface area contributed by atoms with Gasteiger partial charge in [-0.3, -0.25) is 0 Å². The summed E-state index contributed by atoms with van der Waals surface area (Å²) in [5, 5.41) is 8.90. The molecular formula is C12H15BrN2O. The molecule has 16 heavy (non-hydrogen) atoms. The molecule has 3 nitrogen and oxygen atoms in total. The third kappa shape index (κ3) is 3.51. The summed E-state index contributed by atoms with van der Waals surface area (Å²) >= 11 is 3.41. The minimum atomic E-state index is 0.667. The number of nitrogens with zero attached hydrogens (tertiary/aromatic N) is 2. The van der Waals surface area contributed by atoms with E-state index in [4.69, 9.17) is 10.00 Å². The van der Waals surface area contributed by atoms with Crippen molar-refractivity contribution in [1.29, 1.82) is 5.26 Å². The van der Waals surface area contributed by atoms with Crippen molar-refractivity contribution in [2.24, 2.45) is 0 Å². The Morgan fingerprint density at radius 2 is 2.19 bits per heavy atom. The van der Waals surface area contributed by atoms with E-state index in [1.807, 2.05) is 18.2 Å². The smallest absolute Gasteiger partial charge is 0.0992 e. The minimum absolute atomic E-state index is 0.667. The van der Waals surface area contributed by atoms with Gasteiger partial charge in [0.2, 0.25) is 0 Å². The zero-order valence-corrected chi connectivity index (χ0v) is 11.1. The second-order valence-corrected chi connectivity index (χ2v) is 4.30. The van der Waals surface area contributed by atoms with Crippen LogP contribution in [0, 0.1) is 11.3 Å². The van der Waals surface area contributed by atoms with Gasteiger partial charge in [-0.15, -0.1) is 0 Å². The maximum atomic E-state index is 8.90. The number of rotatable bonds is 5. The van der Waals surface area contributed by atoms with Gasteiger partial charge in [0, 0.05) is 30.4 Å². The Labute approximate surface area is 105 Å². The maximum Gasteiger partial charge on any atom is 0.0992 e. The summed E-state index contributed by atoms with van der Waals surface area (Å²) in [6.45, 7) is 4.49. The average Bonchev–Trinajstić information content (AvgIpc) is 2.29. The molecule has 0 saturated heterocycles. The lowest BCUT2D eigenvalue weighted by atomic mass is 10.2. The lowest BCUT2D eigenvalue weighted by molar-refractivity contribution is 0.205. The predicted molar refractivity (Wildman–Crippen MR) is 68.6 cm³/mol. The van der Waals surface area contributed by atoms with Crippen LogP contribution < -0.4 is 4.90 Å².